The Bertz CT molecular complexity index is 2320. The Balaban J connectivity index is 1.10. The number of H-pyrrole nitrogens is 2. The zero-order valence-electron chi connectivity index (χ0n) is 39.5. The molecule has 2 aromatic heterocycles. The van der Waals surface area contributed by atoms with Crippen LogP contribution < -0.4 is 0 Å². The molecule has 2 saturated heterocycles. The standard InChI is InChI=1S/C50H66N8O6/c1-27(2)43(57(29(5)6)49(61)63-11)47(59)55-25-31(9)21-41(55)45-51-37-19-17-35(23-39(37)53-45)33-13-15-34(16-14-33)36-18-20-38-40(24-36)54-46(52-38)42-22-32(10)26-56(42)48(60)44(28(3)4)58(30(7)8)50(62)64-12/h13-20,23-24,27-32,41-44H,21-22,25-26H2,1-12H3,(H,51,53)(H,52,54)/t31-,32-,41-,42-,43-,44-/m0/s1. The van der Waals surface area contributed by atoms with Crippen molar-refractivity contribution < 1.29 is 28.7 Å². The monoisotopic (exact) mass is 875 g/mol. The van der Waals surface area contributed by atoms with Crippen molar-refractivity contribution in [1.29, 1.82) is 0 Å². The number of benzene rings is 3. The predicted molar refractivity (Wildman–Crippen MR) is 249 cm³/mol. The van der Waals surface area contributed by atoms with E-state index in [1.54, 1.807) is 9.80 Å². The van der Waals surface area contributed by atoms with Crippen LogP contribution in [0.25, 0.3) is 44.3 Å². The molecule has 2 aliphatic heterocycles. The number of hydrogen-bond donors (Lipinski definition) is 2. The second kappa shape index (κ2) is 18.7. The summed E-state index contributed by atoms with van der Waals surface area (Å²) in [7, 11) is 2.71. The number of methoxy groups -OCH3 is 2. The lowest BCUT2D eigenvalue weighted by atomic mass is 9.99. The second-order valence-electron chi connectivity index (χ2n) is 19.3. The first-order chi connectivity index (χ1) is 30.4. The lowest BCUT2D eigenvalue weighted by Gasteiger charge is -2.38. The van der Waals surface area contributed by atoms with E-state index in [4.69, 9.17) is 19.4 Å². The van der Waals surface area contributed by atoms with Gasteiger partial charge in [0.2, 0.25) is 11.8 Å². The molecule has 3 aromatic carbocycles. The van der Waals surface area contributed by atoms with Gasteiger partial charge in [0, 0.05) is 25.2 Å². The van der Waals surface area contributed by atoms with Crippen molar-refractivity contribution in [3.63, 3.8) is 0 Å². The highest BCUT2D eigenvalue weighted by atomic mass is 16.5. The molecule has 14 heteroatoms. The largest absolute Gasteiger partial charge is 0.453 e. The van der Waals surface area contributed by atoms with Gasteiger partial charge in [-0.15, -0.1) is 0 Å². The van der Waals surface area contributed by atoms with E-state index in [9.17, 15) is 19.2 Å². The third-order valence-electron chi connectivity index (χ3n) is 13.0. The summed E-state index contributed by atoms with van der Waals surface area (Å²) in [5.74, 6) is 1.60. The Kier molecular flexibility index (Phi) is 13.4. The number of likely N-dealkylation sites (tertiary alicyclic amines) is 2. The van der Waals surface area contributed by atoms with E-state index in [0.29, 0.717) is 13.1 Å². The van der Waals surface area contributed by atoms with Crippen molar-refractivity contribution in [1.82, 2.24) is 39.5 Å². The first-order valence-electron chi connectivity index (χ1n) is 22.9. The van der Waals surface area contributed by atoms with E-state index in [-0.39, 0.29) is 59.7 Å². The van der Waals surface area contributed by atoms with Crippen molar-refractivity contribution in [3.8, 4) is 22.3 Å². The summed E-state index contributed by atoms with van der Waals surface area (Å²) >= 11 is 0. The zero-order valence-corrected chi connectivity index (χ0v) is 39.5. The minimum Gasteiger partial charge on any atom is -0.453 e. The van der Waals surface area contributed by atoms with Gasteiger partial charge < -0.3 is 29.2 Å². The number of aromatic nitrogens is 4. The van der Waals surface area contributed by atoms with E-state index >= 15 is 0 Å². The third-order valence-corrected chi connectivity index (χ3v) is 13.0. The summed E-state index contributed by atoms with van der Waals surface area (Å²) in [5, 5.41) is 0. The third kappa shape index (κ3) is 8.92. The number of nitrogens with one attached hydrogen (secondary N) is 2. The minimum absolute atomic E-state index is 0.0921. The van der Waals surface area contributed by atoms with Crippen LogP contribution in [0.15, 0.2) is 60.7 Å². The first kappa shape index (κ1) is 46.1. The van der Waals surface area contributed by atoms with Gasteiger partial charge in [0.25, 0.3) is 0 Å². The molecule has 342 valence electrons. The zero-order chi connectivity index (χ0) is 46.3. The lowest BCUT2D eigenvalue weighted by molar-refractivity contribution is -0.140. The number of aromatic amines is 2. The van der Waals surface area contributed by atoms with E-state index in [1.807, 2.05) is 77.3 Å². The van der Waals surface area contributed by atoms with Crippen molar-refractivity contribution in [2.24, 2.45) is 23.7 Å². The average molecular weight is 875 g/mol. The summed E-state index contributed by atoms with van der Waals surface area (Å²) in [6, 6.07) is 18.6. The SMILES string of the molecule is COC(=O)N(C(C)C)[C@H](C(=O)N1C[C@@H](C)C[C@H]1c1nc2cc(-c3ccc(-c4ccc5nc([C@@H]6C[C@H](C)CN6C(=O)[C@H](C(C)C)N(C(=O)OC)C(C)C)[nH]c5c4)cc3)ccc2[nH]1)C(C)C. The molecule has 0 saturated carbocycles. The van der Waals surface area contributed by atoms with Crippen LogP contribution >= 0.6 is 0 Å². The Morgan fingerprint density at radius 1 is 0.578 bits per heavy atom. The van der Waals surface area contributed by atoms with Gasteiger partial charge >= 0.3 is 12.2 Å². The van der Waals surface area contributed by atoms with Gasteiger partial charge in [-0.1, -0.05) is 77.9 Å². The number of carbonyl (C=O) groups is 4. The Morgan fingerprint density at radius 3 is 1.42 bits per heavy atom. The maximum Gasteiger partial charge on any atom is 0.410 e. The highest BCUT2D eigenvalue weighted by molar-refractivity contribution is 5.89. The van der Waals surface area contributed by atoms with Crippen LogP contribution in [-0.2, 0) is 19.1 Å². The molecule has 0 radical (unpaired) electrons. The number of rotatable bonds is 12. The quantitative estimate of drug-likeness (QED) is 0.126. The average Bonchev–Trinajstić information content (AvgIpc) is 4.07. The van der Waals surface area contributed by atoms with Gasteiger partial charge in [0.05, 0.1) is 48.4 Å². The topological polar surface area (TPSA) is 157 Å². The molecule has 2 fully saturated rings. The summed E-state index contributed by atoms with van der Waals surface area (Å²) in [5.41, 5.74) is 7.59. The predicted octanol–water partition coefficient (Wildman–Crippen LogP) is 9.60. The van der Waals surface area contributed by atoms with Crippen molar-refractivity contribution in [2.75, 3.05) is 27.3 Å². The fraction of sp³-hybridized carbons (Fsp3) is 0.520. The van der Waals surface area contributed by atoms with E-state index in [1.165, 1.54) is 14.2 Å². The molecule has 0 aliphatic carbocycles. The highest BCUT2D eigenvalue weighted by Crippen LogP contribution is 2.39. The summed E-state index contributed by atoms with van der Waals surface area (Å²) in [6.45, 7) is 20.9. The van der Waals surface area contributed by atoms with Crippen LogP contribution in [0, 0.1) is 23.7 Å². The van der Waals surface area contributed by atoms with Gasteiger partial charge in [-0.2, -0.15) is 0 Å². The van der Waals surface area contributed by atoms with Crippen LogP contribution in [0.2, 0.25) is 0 Å². The first-order valence-corrected chi connectivity index (χ1v) is 22.9. The van der Waals surface area contributed by atoms with Crippen LogP contribution in [-0.4, -0.2) is 115 Å². The van der Waals surface area contributed by atoms with Crippen molar-refractivity contribution >= 4 is 46.1 Å². The van der Waals surface area contributed by atoms with Gasteiger partial charge in [0.1, 0.15) is 23.7 Å². The molecule has 0 bridgehead atoms. The molecule has 2 aliphatic rings. The van der Waals surface area contributed by atoms with Crippen LogP contribution in [0.5, 0.6) is 0 Å². The molecule has 0 unspecified atom stereocenters. The summed E-state index contributed by atoms with van der Waals surface area (Å²) in [6.07, 6.45) is 0.521. The smallest absolute Gasteiger partial charge is 0.410 e. The molecule has 2 N–H and O–H groups in total. The summed E-state index contributed by atoms with van der Waals surface area (Å²) in [4.78, 5) is 78.5. The molecular formula is C50H66N8O6. The van der Waals surface area contributed by atoms with E-state index in [2.05, 4.69) is 72.3 Å². The number of carbonyl (C=O) groups excluding carboxylic acids is 4. The van der Waals surface area contributed by atoms with Gasteiger partial charge in [-0.25, -0.2) is 19.6 Å². The maximum atomic E-state index is 14.3. The van der Waals surface area contributed by atoms with Crippen LogP contribution in [0.4, 0.5) is 9.59 Å². The number of fused-ring (bicyclic) bond motifs is 2. The maximum absolute atomic E-state index is 14.3. The number of imidazole rings is 2. The second-order valence-corrected chi connectivity index (χ2v) is 19.3. The fourth-order valence-corrected chi connectivity index (χ4v) is 9.97. The fourth-order valence-electron chi connectivity index (χ4n) is 9.97. The number of ether oxygens (including phenoxy) is 2. The van der Waals surface area contributed by atoms with E-state index in [0.717, 1.165) is 68.8 Å². The molecule has 0 spiro atoms. The Labute approximate surface area is 377 Å². The molecule has 4 heterocycles. The lowest BCUT2D eigenvalue weighted by Crippen LogP contribution is -2.55. The minimum atomic E-state index is -0.664. The molecule has 5 aromatic rings. The Hall–Kier alpha value is -5.92. The molecule has 7 rings (SSSR count). The van der Waals surface area contributed by atoms with Crippen LogP contribution in [0.1, 0.15) is 106 Å². The van der Waals surface area contributed by atoms with Gasteiger partial charge in [0.15, 0.2) is 0 Å². The van der Waals surface area contributed by atoms with E-state index < -0.39 is 24.3 Å². The molecule has 6 atom stereocenters. The highest BCUT2D eigenvalue weighted by Gasteiger charge is 2.45. The number of nitrogens with zero attached hydrogens (tertiary/aromatic N) is 6. The summed E-state index contributed by atoms with van der Waals surface area (Å²) < 4.78 is 10.2. The van der Waals surface area contributed by atoms with Crippen molar-refractivity contribution in [2.45, 2.75) is 118 Å². The van der Waals surface area contributed by atoms with Gasteiger partial charge in [-0.3, -0.25) is 19.4 Å². The van der Waals surface area contributed by atoms with Crippen LogP contribution in [0.3, 0.4) is 0 Å². The molecular weight excluding hydrogens is 809 g/mol. The number of amides is 4. The van der Waals surface area contributed by atoms with Gasteiger partial charge in [-0.05, 0) is 111 Å². The normalized spacial score (nSPS) is 19.9. The molecule has 14 nitrogen and oxygen atoms in total. The Morgan fingerprint density at radius 2 is 0.984 bits per heavy atom. The van der Waals surface area contributed by atoms with Crippen molar-refractivity contribution in [3.05, 3.63) is 72.3 Å². The number of hydrogen-bond acceptors (Lipinski definition) is 8. The molecule has 4 amide bonds. The molecule has 64 heavy (non-hydrogen) atoms.